The SMILES string of the molecule is Cc1ccc(CNC(=O)c2cc3c([nH]c2=O)CC(c2ccco2)CC3=O)cc1. The minimum Gasteiger partial charge on any atom is -0.469 e. The fraction of sp³-hybridized carbons (Fsp3) is 0.227. The average molecular weight is 376 g/mol. The fourth-order valence-corrected chi connectivity index (χ4v) is 3.51. The number of hydrogen-bond donors (Lipinski definition) is 2. The lowest BCUT2D eigenvalue weighted by molar-refractivity contribution is 0.0949. The molecule has 6 heteroatoms. The lowest BCUT2D eigenvalue weighted by Gasteiger charge is -2.22. The van der Waals surface area contributed by atoms with Crippen molar-refractivity contribution in [1.29, 1.82) is 0 Å². The minimum atomic E-state index is -0.495. The smallest absolute Gasteiger partial charge is 0.261 e. The molecule has 3 aromatic rings. The van der Waals surface area contributed by atoms with Gasteiger partial charge in [-0.1, -0.05) is 29.8 Å². The number of aromatic nitrogens is 1. The highest BCUT2D eigenvalue weighted by atomic mass is 16.3. The van der Waals surface area contributed by atoms with Crippen molar-refractivity contribution < 1.29 is 14.0 Å². The molecule has 6 nitrogen and oxygen atoms in total. The number of pyridine rings is 1. The van der Waals surface area contributed by atoms with Gasteiger partial charge in [0.05, 0.1) is 6.26 Å². The molecule has 28 heavy (non-hydrogen) atoms. The van der Waals surface area contributed by atoms with Gasteiger partial charge in [-0.15, -0.1) is 0 Å². The standard InChI is InChI=1S/C22H20N2O4/c1-13-4-6-14(7-5-13)12-23-21(26)17-11-16-18(24-22(17)27)9-15(10-19(16)25)20-3-2-8-28-20/h2-8,11,15H,9-10,12H2,1H3,(H,23,26)(H,24,27). The van der Waals surface area contributed by atoms with Gasteiger partial charge < -0.3 is 14.7 Å². The Morgan fingerprint density at radius 3 is 2.68 bits per heavy atom. The van der Waals surface area contributed by atoms with Gasteiger partial charge in [0.25, 0.3) is 11.5 Å². The Labute approximate surface area is 161 Å². The number of fused-ring (bicyclic) bond motifs is 1. The Balaban J connectivity index is 1.54. The first-order valence-electron chi connectivity index (χ1n) is 9.18. The average Bonchev–Trinajstić information content (AvgIpc) is 3.21. The zero-order valence-corrected chi connectivity index (χ0v) is 15.5. The van der Waals surface area contributed by atoms with Crippen LogP contribution >= 0.6 is 0 Å². The molecule has 0 fully saturated rings. The summed E-state index contributed by atoms with van der Waals surface area (Å²) in [5.74, 6) is 0.0173. The Bertz CT molecular complexity index is 1080. The van der Waals surface area contributed by atoms with Crippen molar-refractivity contribution in [2.75, 3.05) is 0 Å². The molecule has 142 valence electrons. The van der Waals surface area contributed by atoms with Crippen molar-refractivity contribution in [1.82, 2.24) is 10.3 Å². The van der Waals surface area contributed by atoms with Gasteiger partial charge in [-0.25, -0.2) is 0 Å². The van der Waals surface area contributed by atoms with Crippen LogP contribution in [0.4, 0.5) is 0 Å². The van der Waals surface area contributed by atoms with E-state index in [1.807, 2.05) is 37.3 Å². The van der Waals surface area contributed by atoms with Crippen molar-refractivity contribution in [2.45, 2.75) is 32.2 Å². The molecule has 0 saturated carbocycles. The molecule has 1 aromatic carbocycles. The third-order valence-electron chi connectivity index (χ3n) is 5.07. The van der Waals surface area contributed by atoms with Crippen LogP contribution < -0.4 is 10.9 Å². The summed E-state index contributed by atoms with van der Waals surface area (Å²) < 4.78 is 5.40. The number of rotatable bonds is 4. The molecule has 0 aliphatic heterocycles. The van der Waals surface area contributed by atoms with Crippen molar-refractivity contribution in [3.05, 3.63) is 92.8 Å². The molecule has 1 aliphatic rings. The highest BCUT2D eigenvalue weighted by molar-refractivity contribution is 6.02. The van der Waals surface area contributed by atoms with Gasteiger partial charge in [-0.05, 0) is 37.1 Å². The number of furan rings is 1. The van der Waals surface area contributed by atoms with E-state index in [4.69, 9.17) is 4.42 Å². The summed E-state index contributed by atoms with van der Waals surface area (Å²) in [6, 6.07) is 12.8. The van der Waals surface area contributed by atoms with Gasteiger partial charge in [-0.2, -0.15) is 0 Å². The number of carbonyl (C=O) groups is 2. The van der Waals surface area contributed by atoms with E-state index in [0.29, 0.717) is 24.2 Å². The zero-order chi connectivity index (χ0) is 19.7. The summed E-state index contributed by atoms with van der Waals surface area (Å²) in [7, 11) is 0. The number of amides is 1. The highest BCUT2D eigenvalue weighted by Crippen LogP contribution is 2.31. The minimum absolute atomic E-state index is 0.0457. The number of H-pyrrole nitrogens is 1. The van der Waals surface area contributed by atoms with Gasteiger partial charge in [0.15, 0.2) is 5.78 Å². The fourth-order valence-electron chi connectivity index (χ4n) is 3.51. The van der Waals surface area contributed by atoms with E-state index < -0.39 is 11.5 Å². The van der Waals surface area contributed by atoms with Crippen LogP contribution in [-0.4, -0.2) is 16.7 Å². The number of Topliss-reactive ketones (excluding diaryl/α,β-unsaturated/α-hetero) is 1. The van der Waals surface area contributed by atoms with Crippen LogP contribution in [-0.2, 0) is 13.0 Å². The second-order valence-corrected chi connectivity index (χ2v) is 7.12. The molecule has 1 unspecified atom stereocenters. The lowest BCUT2D eigenvalue weighted by atomic mass is 9.84. The van der Waals surface area contributed by atoms with Crippen LogP contribution in [0.3, 0.4) is 0 Å². The van der Waals surface area contributed by atoms with E-state index in [9.17, 15) is 14.4 Å². The number of aryl methyl sites for hydroxylation is 1. The second-order valence-electron chi connectivity index (χ2n) is 7.12. The normalized spacial score (nSPS) is 15.9. The molecule has 0 radical (unpaired) electrons. The van der Waals surface area contributed by atoms with Gasteiger partial charge >= 0.3 is 0 Å². The molecule has 0 saturated heterocycles. The van der Waals surface area contributed by atoms with Crippen LogP contribution in [0.1, 0.15) is 55.6 Å². The van der Waals surface area contributed by atoms with E-state index in [1.165, 1.54) is 6.07 Å². The first-order chi connectivity index (χ1) is 13.5. The molecule has 2 N–H and O–H groups in total. The predicted octanol–water partition coefficient (Wildman–Crippen LogP) is 3.12. The number of carbonyl (C=O) groups excluding carboxylic acids is 2. The number of hydrogen-bond acceptors (Lipinski definition) is 4. The topological polar surface area (TPSA) is 92.2 Å². The molecule has 1 atom stereocenters. The maximum absolute atomic E-state index is 12.6. The molecular formula is C22H20N2O4. The van der Waals surface area contributed by atoms with Gasteiger partial charge in [0.2, 0.25) is 0 Å². The van der Waals surface area contributed by atoms with Crippen molar-refractivity contribution in [3.63, 3.8) is 0 Å². The van der Waals surface area contributed by atoms with E-state index in [-0.39, 0.29) is 23.7 Å². The van der Waals surface area contributed by atoms with Crippen LogP contribution in [0, 0.1) is 6.92 Å². The summed E-state index contributed by atoms with van der Waals surface area (Å²) in [4.78, 5) is 40.2. The summed E-state index contributed by atoms with van der Waals surface area (Å²) in [6.07, 6.45) is 2.35. The van der Waals surface area contributed by atoms with Crippen molar-refractivity contribution in [3.8, 4) is 0 Å². The Hall–Kier alpha value is -3.41. The van der Waals surface area contributed by atoms with Gasteiger partial charge in [-0.3, -0.25) is 14.4 Å². The largest absolute Gasteiger partial charge is 0.469 e. The summed E-state index contributed by atoms with van der Waals surface area (Å²) in [6.45, 7) is 2.30. The van der Waals surface area contributed by atoms with E-state index in [0.717, 1.165) is 16.9 Å². The van der Waals surface area contributed by atoms with Crippen molar-refractivity contribution >= 4 is 11.7 Å². The molecule has 2 aromatic heterocycles. The first kappa shape index (κ1) is 18.0. The molecule has 2 heterocycles. The number of ketones is 1. The lowest BCUT2D eigenvalue weighted by Crippen LogP contribution is -2.32. The third kappa shape index (κ3) is 3.53. The summed E-state index contributed by atoms with van der Waals surface area (Å²) in [5, 5.41) is 2.74. The molecule has 1 amide bonds. The Morgan fingerprint density at radius 1 is 1.18 bits per heavy atom. The maximum Gasteiger partial charge on any atom is 0.261 e. The highest BCUT2D eigenvalue weighted by Gasteiger charge is 2.30. The van der Waals surface area contributed by atoms with Crippen LogP contribution in [0.5, 0.6) is 0 Å². The first-order valence-corrected chi connectivity index (χ1v) is 9.18. The molecular weight excluding hydrogens is 356 g/mol. The van der Waals surface area contributed by atoms with Crippen LogP contribution in [0.2, 0.25) is 0 Å². The third-order valence-corrected chi connectivity index (χ3v) is 5.07. The van der Waals surface area contributed by atoms with Gasteiger partial charge in [0, 0.05) is 30.1 Å². The summed E-state index contributed by atoms with van der Waals surface area (Å²) in [5.41, 5.74) is 2.49. The van der Waals surface area contributed by atoms with E-state index >= 15 is 0 Å². The molecule has 0 bridgehead atoms. The quantitative estimate of drug-likeness (QED) is 0.732. The van der Waals surface area contributed by atoms with Crippen LogP contribution in [0.15, 0.2) is 57.9 Å². The molecule has 0 spiro atoms. The Morgan fingerprint density at radius 2 is 1.96 bits per heavy atom. The van der Waals surface area contributed by atoms with Crippen LogP contribution in [0.25, 0.3) is 0 Å². The molecule has 4 rings (SSSR count). The van der Waals surface area contributed by atoms with Gasteiger partial charge in [0.1, 0.15) is 11.3 Å². The number of benzene rings is 1. The monoisotopic (exact) mass is 376 g/mol. The van der Waals surface area contributed by atoms with Crippen molar-refractivity contribution in [2.24, 2.45) is 0 Å². The molecule has 1 aliphatic carbocycles. The second kappa shape index (κ2) is 7.31. The van der Waals surface area contributed by atoms with E-state index in [2.05, 4.69) is 10.3 Å². The summed E-state index contributed by atoms with van der Waals surface area (Å²) >= 11 is 0. The predicted molar refractivity (Wildman–Crippen MR) is 104 cm³/mol. The van der Waals surface area contributed by atoms with E-state index in [1.54, 1.807) is 12.3 Å². The zero-order valence-electron chi connectivity index (χ0n) is 15.5. The number of nitrogens with one attached hydrogen (secondary N) is 2. The maximum atomic E-state index is 12.6. The number of aromatic amines is 1. The Kier molecular flexibility index (Phi) is 4.69.